The number of alkyl halides is 3. The summed E-state index contributed by atoms with van der Waals surface area (Å²) in [7, 11) is 0. The fraction of sp³-hybridized carbons (Fsp3) is 0.172. The maximum absolute atomic E-state index is 13.0. The van der Waals surface area contributed by atoms with Gasteiger partial charge in [-0.2, -0.15) is 13.2 Å². The molecule has 2 heterocycles. The minimum atomic E-state index is -4.52. The molecule has 2 aromatic heterocycles. The second kappa shape index (κ2) is 10.3. The van der Waals surface area contributed by atoms with Gasteiger partial charge in [-0.3, -0.25) is 9.56 Å². The number of hydrogen-bond donors (Lipinski definition) is 0. The van der Waals surface area contributed by atoms with Crippen molar-refractivity contribution in [1.29, 1.82) is 0 Å². The lowest BCUT2D eigenvalue weighted by atomic mass is 9.99. The molecule has 38 heavy (non-hydrogen) atoms. The smallest absolute Gasteiger partial charge is 0.287 e. The van der Waals surface area contributed by atoms with Gasteiger partial charge in [-0.05, 0) is 59.7 Å². The number of pyridine rings is 1. The molecule has 0 saturated carbocycles. The number of nitrogens with zero attached hydrogens (tertiary/aromatic N) is 4. The highest BCUT2D eigenvalue weighted by atomic mass is 35.5. The molecular weight excluding hydrogens is 529 g/mol. The van der Waals surface area contributed by atoms with Crippen LogP contribution in [-0.4, -0.2) is 32.2 Å². The Morgan fingerprint density at radius 2 is 1.82 bits per heavy atom. The van der Waals surface area contributed by atoms with E-state index in [9.17, 15) is 13.2 Å². The van der Waals surface area contributed by atoms with E-state index >= 15 is 0 Å². The molecule has 0 atom stereocenters. The molecular formula is C29H22ClF3N4S. The number of benzene rings is 3. The third kappa shape index (κ3) is 5.19. The molecule has 0 amide bonds. The van der Waals surface area contributed by atoms with Crippen LogP contribution in [0, 0.1) is 13.8 Å². The molecule has 0 unspecified atom stereocenters. The van der Waals surface area contributed by atoms with Crippen molar-refractivity contribution in [3.8, 4) is 5.82 Å². The summed E-state index contributed by atoms with van der Waals surface area (Å²) in [5.74, 6) is 0.183. The minimum absolute atomic E-state index is 0.110. The maximum atomic E-state index is 13.0. The van der Waals surface area contributed by atoms with Gasteiger partial charge >= 0.3 is 6.18 Å². The van der Waals surface area contributed by atoms with E-state index in [1.165, 1.54) is 23.0 Å². The van der Waals surface area contributed by atoms with Crippen LogP contribution in [0.4, 0.5) is 13.2 Å². The molecule has 5 aromatic rings. The molecule has 0 aliphatic rings. The van der Waals surface area contributed by atoms with Gasteiger partial charge in [-0.15, -0.1) is 0 Å². The summed E-state index contributed by atoms with van der Waals surface area (Å²) in [4.78, 5) is 13.9. The van der Waals surface area contributed by atoms with Crippen LogP contribution in [0.5, 0.6) is 0 Å². The first kappa shape index (κ1) is 26.0. The van der Waals surface area contributed by atoms with Gasteiger partial charge in [0.1, 0.15) is 6.33 Å². The van der Waals surface area contributed by atoms with Crippen molar-refractivity contribution < 1.29 is 13.2 Å². The van der Waals surface area contributed by atoms with Crippen LogP contribution in [0.15, 0.2) is 72.1 Å². The number of fused-ring (bicyclic) bond motifs is 3. The number of rotatable bonds is 6. The number of thiocarbonyl (C=S) groups is 1. The number of imidazole rings is 1. The standard InChI is InChI=1S/C29H22ClF3N4S/c1-17-4-3-5-18(2)24(17)12-22(38)15-34-13-19-6-8-23-20(10-19)7-9-26-27(23)36-16-37(26)28-25(30)11-21(14-35-28)29(31,32)33/h3-11,13-14,16H,12,15H2,1-2H3. The summed E-state index contributed by atoms with van der Waals surface area (Å²) in [5.41, 5.74) is 5.13. The summed E-state index contributed by atoms with van der Waals surface area (Å²) in [6.07, 6.45) is 0.298. The minimum Gasteiger partial charge on any atom is -0.287 e. The predicted molar refractivity (Wildman–Crippen MR) is 151 cm³/mol. The molecule has 5 rings (SSSR count). The fourth-order valence-electron chi connectivity index (χ4n) is 4.47. The largest absolute Gasteiger partial charge is 0.417 e. The molecule has 0 spiro atoms. The summed E-state index contributed by atoms with van der Waals surface area (Å²) < 4.78 is 40.6. The van der Waals surface area contributed by atoms with Crippen molar-refractivity contribution in [3.63, 3.8) is 0 Å². The second-order valence-corrected chi connectivity index (χ2v) is 10.1. The Kier molecular flexibility index (Phi) is 7.03. The van der Waals surface area contributed by atoms with E-state index in [0.717, 1.165) is 39.9 Å². The van der Waals surface area contributed by atoms with E-state index in [1.54, 1.807) is 4.57 Å². The highest BCUT2D eigenvalue weighted by molar-refractivity contribution is 7.80. The zero-order valence-electron chi connectivity index (χ0n) is 20.6. The highest BCUT2D eigenvalue weighted by Crippen LogP contribution is 2.33. The van der Waals surface area contributed by atoms with Crippen molar-refractivity contribution >= 4 is 56.7 Å². The summed E-state index contributed by atoms with van der Waals surface area (Å²) >= 11 is 11.7. The number of aromatic nitrogens is 3. The van der Waals surface area contributed by atoms with E-state index in [-0.39, 0.29) is 10.8 Å². The summed E-state index contributed by atoms with van der Waals surface area (Å²) in [6, 6.07) is 16.8. The average molecular weight is 551 g/mol. The van der Waals surface area contributed by atoms with Crippen LogP contribution in [-0.2, 0) is 12.6 Å². The second-order valence-electron chi connectivity index (χ2n) is 9.11. The molecule has 0 N–H and O–H groups in total. The van der Waals surface area contributed by atoms with Crippen LogP contribution in [0.1, 0.15) is 27.8 Å². The van der Waals surface area contributed by atoms with E-state index in [2.05, 4.69) is 40.9 Å². The van der Waals surface area contributed by atoms with Crippen molar-refractivity contribution in [1.82, 2.24) is 14.5 Å². The number of hydrogen-bond acceptors (Lipinski definition) is 4. The van der Waals surface area contributed by atoms with Crippen LogP contribution in [0.25, 0.3) is 27.6 Å². The first-order valence-electron chi connectivity index (χ1n) is 11.8. The van der Waals surface area contributed by atoms with Gasteiger partial charge < -0.3 is 0 Å². The molecule has 3 aromatic carbocycles. The lowest BCUT2D eigenvalue weighted by Gasteiger charge is -2.10. The Balaban J connectivity index is 1.37. The Labute approximate surface area is 227 Å². The topological polar surface area (TPSA) is 43.1 Å². The lowest BCUT2D eigenvalue weighted by Crippen LogP contribution is -2.07. The van der Waals surface area contributed by atoms with E-state index in [1.807, 2.05) is 42.6 Å². The zero-order valence-corrected chi connectivity index (χ0v) is 22.1. The van der Waals surface area contributed by atoms with Crippen LogP contribution in [0.2, 0.25) is 5.02 Å². The fourth-order valence-corrected chi connectivity index (χ4v) is 4.95. The molecule has 0 fully saturated rings. The third-order valence-corrected chi connectivity index (χ3v) is 7.01. The van der Waals surface area contributed by atoms with Gasteiger partial charge in [0.2, 0.25) is 0 Å². The van der Waals surface area contributed by atoms with E-state index in [4.69, 9.17) is 23.8 Å². The van der Waals surface area contributed by atoms with Crippen LogP contribution < -0.4 is 0 Å². The lowest BCUT2D eigenvalue weighted by molar-refractivity contribution is -0.137. The molecule has 4 nitrogen and oxygen atoms in total. The highest BCUT2D eigenvalue weighted by Gasteiger charge is 2.31. The van der Waals surface area contributed by atoms with Crippen LogP contribution >= 0.6 is 23.8 Å². The zero-order chi connectivity index (χ0) is 27.0. The SMILES string of the molecule is Cc1cccc(C)c1CC(=S)CN=Cc1ccc2c(ccc3c2ncn3-c2ncc(C(F)(F)F)cc2Cl)c1. The van der Waals surface area contributed by atoms with Crippen LogP contribution in [0.3, 0.4) is 0 Å². The van der Waals surface area contributed by atoms with Crippen molar-refractivity contribution in [2.24, 2.45) is 4.99 Å². The molecule has 192 valence electrons. The van der Waals surface area contributed by atoms with Gasteiger partial charge in [0.15, 0.2) is 5.82 Å². The maximum Gasteiger partial charge on any atom is 0.417 e. The molecule has 0 radical (unpaired) electrons. The average Bonchev–Trinajstić information content (AvgIpc) is 3.30. The molecule has 0 bridgehead atoms. The molecule has 0 saturated heterocycles. The van der Waals surface area contributed by atoms with Gasteiger partial charge in [0.05, 0.1) is 28.2 Å². The normalized spacial score (nSPS) is 12.2. The van der Waals surface area contributed by atoms with E-state index in [0.29, 0.717) is 17.6 Å². The number of aliphatic imine (C=N–C) groups is 1. The molecule has 9 heteroatoms. The van der Waals surface area contributed by atoms with Gasteiger partial charge in [-0.25, -0.2) is 9.97 Å². The van der Waals surface area contributed by atoms with Crippen molar-refractivity contribution in [3.05, 3.63) is 100.0 Å². The summed E-state index contributed by atoms with van der Waals surface area (Å²) in [6.45, 7) is 4.65. The Morgan fingerprint density at radius 1 is 1.05 bits per heavy atom. The van der Waals surface area contributed by atoms with E-state index < -0.39 is 11.7 Å². The number of halogens is 4. The Hall–Kier alpha value is -3.62. The molecule has 0 aliphatic heterocycles. The quantitative estimate of drug-likeness (QED) is 0.159. The monoisotopic (exact) mass is 550 g/mol. The van der Waals surface area contributed by atoms with Gasteiger partial charge in [-0.1, -0.05) is 60.2 Å². The Morgan fingerprint density at radius 3 is 2.53 bits per heavy atom. The van der Waals surface area contributed by atoms with Crippen molar-refractivity contribution in [2.75, 3.05) is 6.54 Å². The summed E-state index contributed by atoms with van der Waals surface area (Å²) in [5, 5.41) is 1.74. The Bertz CT molecular complexity index is 1700. The third-order valence-electron chi connectivity index (χ3n) is 6.46. The van der Waals surface area contributed by atoms with Gasteiger partial charge in [0.25, 0.3) is 0 Å². The number of aryl methyl sites for hydroxylation is 2. The first-order chi connectivity index (χ1) is 18.1. The molecule has 0 aliphatic carbocycles. The van der Waals surface area contributed by atoms with Crippen molar-refractivity contribution in [2.45, 2.75) is 26.4 Å². The first-order valence-corrected chi connectivity index (χ1v) is 12.6. The van der Waals surface area contributed by atoms with Gasteiger partial charge in [0, 0.05) is 29.1 Å². The predicted octanol–water partition coefficient (Wildman–Crippen LogP) is 7.89.